The first-order valence-corrected chi connectivity index (χ1v) is 4.87. The van der Waals surface area contributed by atoms with Gasteiger partial charge in [0.05, 0.1) is 5.56 Å². The third-order valence-electron chi connectivity index (χ3n) is 1.86. The monoisotopic (exact) mass is 234 g/mol. The molecule has 4 heteroatoms. The van der Waals surface area contributed by atoms with Gasteiger partial charge in [0.2, 0.25) is 0 Å². The first kappa shape index (κ1) is 12.1. The molecule has 0 N–H and O–H groups in total. The molecule has 1 aromatic carbocycles. The van der Waals surface area contributed by atoms with Crippen molar-refractivity contribution in [3.8, 4) is 0 Å². The molecule has 0 spiro atoms. The molecule has 1 rings (SSSR count). The van der Waals surface area contributed by atoms with Gasteiger partial charge < -0.3 is 0 Å². The summed E-state index contributed by atoms with van der Waals surface area (Å²) in [5.74, 6) is 0.376. The molecule has 0 amide bonds. The Balaban J connectivity index is 2.91. The van der Waals surface area contributed by atoms with Gasteiger partial charge in [-0.15, -0.1) is 11.6 Å². The average Bonchev–Trinajstić information content (AvgIpc) is 2.17. The van der Waals surface area contributed by atoms with Gasteiger partial charge in [-0.2, -0.15) is 13.2 Å². The summed E-state index contributed by atoms with van der Waals surface area (Å²) in [6.07, 6.45) is -2.52. The normalized spacial score (nSPS) is 13.0. The maximum Gasteiger partial charge on any atom is 0.416 e. The van der Waals surface area contributed by atoms with Gasteiger partial charge in [-0.05, 0) is 24.6 Å². The van der Waals surface area contributed by atoms with Crippen LogP contribution in [0.3, 0.4) is 0 Å². The van der Waals surface area contributed by atoms with Crippen LogP contribution in [0.25, 0.3) is 6.08 Å². The van der Waals surface area contributed by atoms with Gasteiger partial charge in [-0.1, -0.05) is 23.8 Å². The molecule has 0 saturated heterocycles. The number of hydrogen-bond donors (Lipinski definition) is 0. The molecule has 0 bridgehead atoms. The number of allylic oxidation sites excluding steroid dienone is 1. The maximum absolute atomic E-state index is 12.2. The quantitative estimate of drug-likeness (QED) is 0.668. The summed E-state index contributed by atoms with van der Waals surface area (Å²) < 4.78 is 36.6. The molecular weight excluding hydrogens is 225 g/mol. The van der Waals surface area contributed by atoms with Gasteiger partial charge in [0.25, 0.3) is 0 Å². The fourth-order valence-electron chi connectivity index (χ4n) is 1.09. The first-order valence-electron chi connectivity index (χ1n) is 4.34. The SMILES string of the molecule is CC(=Cc1ccc(C(F)(F)F)cc1)CCl. The smallest absolute Gasteiger partial charge is 0.166 e. The Bertz CT molecular complexity index is 349. The van der Waals surface area contributed by atoms with E-state index in [0.717, 1.165) is 23.3 Å². The maximum atomic E-state index is 12.2. The van der Waals surface area contributed by atoms with Crippen LogP contribution in [-0.2, 0) is 6.18 Å². The molecule has 1 aromatic rings. The lowest BCUT2D eigenvalue weighted by molar-refractivity contribution is -0.137. The molecule has 0 atom stereocenters. The van der Waals surface area contributed by atoms with Crippen molar-refractivity contribution in [2.75, 3.05) is 5.88 Å². The molecule has 0 radical (unpaired) electrons. The van der Waals surface area contributed by atoms with Gasteiger partial charge in [-0.3, -0.25) is 0 Å². The Kier molecular flexibility index (Phi) is 3.80. The van der Waals surface area contributed by atoms with Gasteiger partial charge in [0.1, 0.15) is 0 Å². The van der Waals surface area contributed by atoms with Gasteiger partial charge in [0, 0.05) is 5.88 Å². The van der Waals surface area contributed by atoms with E-state index in [9.17, 15) is 13.2 Å². The second kappa shape index (κ2) is 4.71. The van der Waals surface area contributed by atoms with Crippen LogP contribution in [0.5, 0.6) is 0 Å². The molecule has 0 aromatic heterocycles. The molecule has 15 heavy (non-hydrogen) atoms. The Morgan fingerprint density at radius 1 is 1.27 bits per heavy atom. The number of alkyl halides is 4. The van der Waals surface area contributed by atoms with E-state index in [1.165, 1.54) is 12.1 Å². The zero-order valence-electron chi connectivity index (χ0n) is 8.11. The molecule has 0 aliphatic heterocycles. The number of halogens is 4. The Morgan fingerprint density at radius 2 is 1.80 bits per heavy atom. The van der Waals surface area contributed by atoms with E-state index in [1.54, 1.807) is 6.08 Å². The third-order valence-corrected chi connectivity index (χ3v) is 2.28. The topological polar surface area (TPSA) is 0 Å². The van der Waals surface area contributed by atoms with Crippen LogP contribution in [0.15, 0.2) is 29.8 Å². The molecular formula is C11H10ClF3. The summed E-state index contributed by atoms with van der Waals surface area (Å²) in [6.45, 7) is 1.82. The van der Waals surface area contributed by atoms with Crippen LogP contribution < -0.4 is 0 Å². The van der Waals surface area contributed by atoms with E-state index in [2.05, 4.69) is 0 Å². The van der Waals surface area contributed by atoms with Crippen LogP contribution in [-0.4, -0.2) is 5.88 Å². The lowest BCUT2D eigenvalue weighted by Crippen LogP contribution is -2.03. The van der Waals surface area contributed by atoms with Gasteiger partial charge in [0.15, 0.2) is 0 Å². The zero-order valence-corrected chi connectivity index (χ0v) is 8.86. The lowest BCUT2D eigenvalue weighted by atomic mass is 10.1. The highest BCUT2D eigenvalue weighted by Gasteiger charge is 2.29. The second-order valence-corrected chi connectivity index (χ2v) is 3.51. The highest BCUT2D eigenvalue weighted by Crippen LogP contribution is 2.29. The summed E-state index contributed by atoms with van der Waals surface area (Å²) in [6, 6.07) is 4.98. The van der Waals surface area contributed by atoms with Crippen molar-refractivity contribution in [1.82, 2.24) is 0 Å². The third kappa shape index (κ3) is 3.59. The standard InChI is InChI=1S/C11H10ClF3/c1-8(7-12)6-9-2-4-10(5-3-9)11(13,14)15/h2-6H,7H2,1H3. The average molecular weight is 235 g/mol. The highest BCUT2D eigenvalue weighted by molar-refractivity contribution is 6.19. The number of rotatable bonds is 2. The summed E-state index contributed by atoms with van der Waals surface area (Å²) >= 11 is 5.56. The van der Waals surface area contributed by atoms with Crippen LogP contribution in [0.4, 0.5) is 13.2 Å². The van der Waals surface area contributed by atoms with E-state index in [1.807, 2.05) is 6.92 Å². The predicted octanol–water partition coefficient (Wildman–Crippen LogP) is 4.35. The molecule has 0 fully saturated rings. The van der Waals surface area contributed by atoms with Crippen molar-refractivity contribution in [2.45, 2.75) is 13.1 Å². The van der Waals surface area contributed by atoms with E-state index >= 15 is 0 Å². The van der Waals surface area contributed by atoms with Gasteiger partial charge >= 0.3 is 6.18 Å². The minimum Gasteiger partial charge on any atom is -0.166 e. The molecule has 0 saturated carbocycles. The van der Waals surface area contributed by atoms with Crippen molar-refractivity contribution < 1.29 is 13.2 Å². The van der Waals surface area contributed by atoms with E-state index in [0.29, 0.717) is 5.88 Å². The summed E-state index contributed by atoms with van der Waals surface area (Å²) in [5.41, 5.74) is 1.00. The Morgan fingerprint density at radius 3 is 2.20 bits per heavy atom. The Hall–Kier alpha value is -0.960. The van der Waals surface area contributed by atoms with Crippen molar-refractivity contribution in [1.29, 1.82) is 0 Å². The first-order chi connectivity index (χ1) is 6.93. The highest BCUT2D eigenvalue weighted by atomic mass is 35.5. The van der Waals surface area contributed by atoms with Crippen LogP contribution in [0.1, 0.15) is 18.1 Å². The van der Waals surface area contributed by atoms with Crippen LogP contribution in [0, 0.1) is 0 Å². The minimum atomic E-state index is -4.27. The lowest BCUT2D eigenvalue weighted by Gasteiger charge is -2.06. The fraction of sp³-hybridized carbons (Fsp3) is 0.273. The van der Waals surface area contributed by atoms with Crippen LogP contribution in [0.2, 0.25) is 0 Å². The van der Waals surface area contributed by atoms with Crippen LogP contribution >= 0.6 is 11.6 Å². The van der Waals surface area contributed by atoms with Crippen molar-refractivity contribution >= 4 is 17.7 Å². The second-order valence-electron chi connectivity index (χ2n) is 3.24. The van der Waals surface area contributed by atoms with Crippen molar-refractivity contribution in [2.24, 2.45) is 0 Å². The largest absolute Gasteiger partial charge is 0.416 e. The predicted molar refractivity (Wildman–Crippen MR) is 55.8 cm³/mol. The minimum absolute atomic E-state index is 0.376. The number of hydrogen-bond acceptors (Lipinski definition) is 0. The molecule has 0 unspecified atom stereocenters. The summed E-state index contributed by atoms with van der Waals surface area (Å²) in [7, 11) is 0. The number of benzene rings is 1. The summed E-state index contributed by atoms with van der Waals surface area (Å²) in [4.78, 5) is 0. The zero-order chi connectivity index (χ0) is 11.5. The van der Waals surface area contributed by atoms with Crippen molar-refractivity contribution in [3.05, 3.63) is 41.0 Å². The summed E-state index contributed by atoms with van der Waals surface area (Å²) in [5, 5.41) is 0. The van der Waals surface area contributed by atoms with E-state index in [-0.39, 0.29) is 0 Å². The fourth-order valence-corrected chi connectivity index (χ4v) is 1.17. The molecule has 0 nitrogen and oxygen atoms in total. The van der Waals surface area contributed by atoms with Gasteiger partial charge in [-0.25, -0.2) is 0 Å². The van der Waals surface area contributed by atoms with Crippen molar-refractivity contribution in [3.63, 3.8) is 0 Å². The van der Waals surface area contributed by atoms with E-state index < -0.39 is 11.7 Å². The molecule has 0 heterocycles. The molecule has 82 valence electrons. The van der Waals surface area contributed by atoms with E-state index in [4.69, 9.17) is 11.6 Å². The molecule has 0 aliphatic carbocycles. The molecule has 0 aliphatic rings. The Labute approximate surface area is 91.4 Å².